The molecule has 1 aromatic rings. The summed E-state index contributed by atoms with van der Waals surface area (Å²) in [6, 6.07) is 5.05. The lowest BCUT2D eigenvalue weighted by molar-refractivity contribution is -0.384. The molecule has 19 heavy (non-hydrogen) atoms. The average molecular weight is 266 g/mol. The van der Waals surface area contributed by atoms with Crippen molar-refractivity contribution < 1.29 is 9.66 Å². The third kappa shape index (κ3) is 5.70. The van der Waals surface area contributed by atoms with E-state index in [0.717, 1.165) is 18.6 Å². The van der Waals surface area contributed by atoms with Crippen LogP contribution in [0.2, 0.25) is 0 Å². The molecule has 0 saturated carbocycles. The van der Waals surface area contributed by atoms with E-state index in [4.69, 9.17) is 4.74 Å². The van der Waals surface area contributed by atoms with Crippen LogP contribution in [0.25, 0.3) is 0 Å². The van der Waals surface area contributed by atoms with Crippen molar-refractivity contribution in [1.82, 2.24) is 0 Å². The molecule has 0 fully saturated rings. The predicted octanol–water partition coefficient (Wildman–Crippen LogP) is 3.38. The largest absolute Gasteiger partial charge is 0.380 e. The minimum absolute atomic E-state index is 0.104. The lowest BCUT2D eigenvalue weighted by Gasteiger charge is -2.09. The van der Waals surface area contributed by atoms with E-state index < -0.39 is 0 Å². The number of nitrogens with zero attached hydrogens (tertiary/aromatic N) is 1. The van der Waals surface area contributed by atoms with Crippen molar-refractivity contribution in [2.24, 2.45) is 5.92 Å². The van der Waals surface area contributed by atoms with Crippen molar-refractivity contribution in [2.45, 2.75) is 27.2 Å². The molecule has 5 heteroatoms. The topological polar surface area (TPSA) is 64.4 Å². The first-order valence-corrected chi connectivity index (χ1v) is 6.57. The lowest BCUT2D eigenvalue weighted by atomic mass is 10.1. The van der Waals surface area contributed by atoms with E-state index >= 15 is 0 Å². The highest BCUT2D eigenvalue weighted by Crippen LogP contribution is 2.24. The van der Waals surface area contributed by atoms with Crippen LogP contribution in [0.1, 0.15) is 25.8 Å². The number of nitro groups is 1. The van der Waals surface area contributed by atoms with Gasteiger partial charge in [0.25, 0.3) is 5.69 Å². The van der Waals surface area contributed by atoms with Gasteiger partial charge in [-0.3, -0.25) is 10.1 Å². The molecule has 5 nitrogen and oxygen atoms in total. The summed E-state index contributed by atoms with van der Waals surface area (Å²) in [6.45, 7) is 8.07. The molecule has 1 rings (SSSR count). The highest BCUT2D eigenvalue weighted by molar-refractivity contribution is 5.62. The van der Waals surface area contributed by atoms with E-state index in [-0.39, 0.29) is 10.6 Å². The SMILES string of the molecule is Cc1ccc([N+](=O)[O-])c(NCCOCCC(C)C)c1. The Bertz CT molecular complexity index is 419. The van der Waals surface area contributed by atoms with Crippen LogP contribution in [-0.4, -0.2) is 24.7 Å². The second-order valence-corrected chi connectivity index (χ2v) is 5.00. The highest BCUT2D eigenvalue weighted by Gasteiger charge is 2.12. The molecule has 0 heterocycles. The molecule has 0 saturated heterocycles. The van der Waals surface area contributed by atoms with Crippen molar-refractivity contribution >= 4 is 11.4 Å². The van der Waals surface area contributed by atoms with E-state index in [1.807, 2.05) is 6.92 Å². The first-order valence-electron chi connectivity index (χ1n) is 6.57. The summed E-state index contributed by atoms with van der Waals surface area (Å²) in [5, 5.41) is 13.9. The fourth-order valence-electron chi connectivity index (χ4n) is 1.63. The Morgan fingerprint density at radius 1 is 1.37 bits per heavy atom. The molecule has 0 bridgehead atoms. The Hall–Kier alpha value is -1.62. The van der Waals surface area contributed by atoms with Crippen LogP contribution < -0.4 is 5.32 Å². The van der Waals surface area contributed by atoms with Gasteiger partial charge in [-0.1, -0.05) is 19.9 Å². The zero-order valence-corrected chi connectivity index (χ0v) is 11.8. The predicted molar refractivity (Wildman–Crippen MR) is 76.6 cm³/mol. The monoisotopic (exact) mass is 266 g/mol. The molecule has 0 aliphatic heterocycles. The molecule has 106 valence electrons. The number of rotatable bonds is 8. The zero-order valence-electron chi connectivity index (χ0n) is 11.8. The summed E-state index contributed by atoms with van der Waals surface area (Å²) in [5.74, 6) is 0.630. The summed E-state index contributed by atoms with van der Waals surface area (Å²) >= 11 is 0. The summed E-state index contributed by atoms with van der Waals surface area (Å²) in [7, 11) is 0. The van der Waals surface area contributed by atoms with Crippen molar-refractivity contribution in [3.05, 3.63) is 33.9 Å². The number of anilines is 1. The Morgan fingerprint density at radius 2 is 2.11 bits per heavy atom. The molecule has 0 amide bonds. The number of hydrogen-bond acceptors (Lipinski definition) is 4. The van der Waals surface area contributed by atoms with Crippen LogP contribution in [0.5, 0.6) is 0 Å². The quantitative estimate of drug-likeness (QED) is 0.445. The van der Waals surface area contributed by atoms with Gasteiger partial charge >= 0.3 is 0 Å². The van der Waals surface area contributed by atoms with Gasteiger partial charge in [0, 0.05) is 19.2 Å². The zero-order chi connectivity index (χ0) is 14.3. The van der Waals surface area contributed by atoms with Gasteiger partial charge in [0.1, 0.15) is 5.69 Å². The minimum atomic E-state index is -0.374. The molecule has 0 spiro atoms. The van der Waals surface area contributed by atoms with E-state index in [0.29, 0.717) is 24.8 Å². The molecule has 0 aliphatic rings. The molecular formula is C14H22N2O3. The minimum Gasteiger partial charge on any atom is -0.380 e. The lowest BCUT2D eigenvalue weighted by Crippen LogP contribution is -2.12. The fourth-order valence-corrected chi connectivity index (χ4v) is 1.63. The molecule has 0 atom stereocenters. The Balaban J connectivity index is 2.40. The summed E-state index contributed by atoms with van der Waals surface area (Å²) in [6.07, 6.45) is 1.03. The average Bonchev–Trinajstić information content (AvgIpc) is 2.33. The maximum absolute atomic E-state index is 10.9. The van der Waals surface area contributed by atoms with Crippen LogP contribution in [0.4, 0.5) is 11.4 Å². The first kappa shape index (κ1) is 15.4. The number of nitrogens with one attached hydrogen (secondary N) is 1. The van der Waals surface area contributed by atoms with Crippen molar-refractivity contribution in [2.75, 3.05) is 25.1 Å². The molecule has 1 N–H and O–H groups in total. The molecule has 0 radical (unpaired) electrons. The number of ether oxygens (including phenoxy) is 1. The van der Waals surface area contributed by atoms with Crippen LogP contribution in [-0.2, 0) is 4.74 Å². The van der Waals surface area contributed by atoms with E-state index in [2.05, 4.69) is 19.2 Å². The van der Waals surface area contributed by atoms with Gasteiger partial charge in [0.05, 0.1) is 11.5 Å². The van der Waals surface area contributed by atoms with Gasteiger partial charge in [0.15, 0.2) is 0 Å². The maximum atomic E-state index is 10.9. The third-order valence-corrected chi connectivity index (χ3v) is 2.75. The van der Waals surface area contributed by atoms with E-state index in [9.17, 15) is 10.1 Å². The fraction of sp³-hybridized carbons (Fsp3) is 0.571. The second-order valence-electron chi connectivity index (χ2n) is 5.00. The summed E-state index contributed by atoms with van der Waals surface area (Å²) in [4.78, 5) is 10.5. The normalized spacial score (nSPS) is 10.7. The van der Waals surface area contributed by atoms with Gasteiger partial charge < -0.3 is 10.1 Å². The first-order chi connectivity index (χ1) is 9.00. The molecule has 0 aliphatic carbocycles. The Kier molecular flexibility index (Phi) is 6.29. The van der Waals surface area contributed by atoms with Crippen LogP contribution in [0.15, 0.2) is 18.2 Å². The number of aryl methyl sites for hydroxylation is 1. The number of hydrogen-bond donors (Lipinski definition) is 1. The summed E-state index contributed by atoms with van der Waals surface area (Å²) < 4.78 is 5.46. The van der Waals surface area contributed by atoms with Gasteiger partial charge in [-0.15, -0.1) is 0 Å². The van der Waals surface area contributed by atoms with Gasteiger partial charge in [-0.2, -0.15) is 0 Å². The molecule has 1 aromatic carbocycles. The van der Waals surface area contributed by atoms with Crippen molar-refractivity contribution in [1.29, 1.82) is 0 Å². The van der Waals surface area contributed by atoms with E-state index in [1.165, 1.54) is 6.07 Å². The van der Waals surface area contributed by atoms with Gasteiger partial charge in [-0.05, 0) is 30.9 Å². The van der Waals surface area contributed by atoms with Crippen LogP contribution in [0, 0.1) is 23.0 Å². The Labute approximate surface area is 114 Å². The highest BCUT2D eigenvalue weighted by atomic mass is 16.6. The molecular weight excluding hydrogens is 244 g/mol. The second kappa shape index (κ2) is 7.74. The third-order valence-electron chi connectivity index (χ3n) is 2.75. The van der Waals surface area contributed by atoms with Crippen LogP contribution >= 0.6 is 0 Å². The summed E-state index contributed by atoms with van der Waals surface area (Å²) in [5.41, 5.74) is 1.65. The van der Waals surface area contributed by atoms with Gasteiger partial charge in [-0.25, -0.2) is 0 Å². The molecule has 0 aromatic heterocycles. The van der Waals surface area contributed by atoms with Crippen molar-refractivity contribution in [3.63, 3.8) is 0 Å². The van der Waals surface area contributed by atoms with Crippen molar-refractivity contribution in [3.8, 4) is 0 Å². The van der Waals surface area contributed by atoms with Crippen LogP contribution in [0.3, 0.4) is 0 Å². The molecule has 0 unspecified atom stereocenters. The Morgan fingerprint density at radius 3 is 2.74 bits per heavy atom. The van der Waals surface area contributed by atoms with Gasteiger partial charge in [0.2, 0.25) is 0 Å². The number of benzene rings is 1. The maximum Gasteiger partial charge on any atom is 0.292 e. The smallest absolute Gasteiger partial charge is 0.292 e. The van der Waals surface area contributed by atoms with E-state index in [1.54, 1.807) is 12.1 Å². The number of nitro benzene ring substituents is 1. The standard InChI is InChI=1S/C14H22N2O3/c1-11(2)6-8-19-9-7-15-13-10-12(3)4-5-14(13)16(17)18/h4-5,10-11,15H,6-9H2,1-3H3.